The zero-order chi connectivity index (χ0) is 15.3. The van der Waals surface area contributed by atoms with E-state index in [1.165, 1.54) is 6.08 Å². The number of hydrogen-bond acceptors (Lipinski definition) is 5. The van der Waals surface area contributed by atoms with Crippen molar-refractivity contribution in [2.45, 2.75) is 26.7 Å². The summed E-state index contributed by atoms with van der Waals surface area (Å²) < 4.78 is 4.71. The lowest BCUT2D eigenvalue weighted by Crippen LogP contribution is -2.64. The highest BCUT2D eigenvalue weighted by atomic mass is 16.5. The highest BCUT2D eigenvalue weighted by molar-refractivity contribution is 6.19. The molecule has 0 aromatic carbocycles. The van der Waals surface area contributed by atoms with Crippen molar-refractivity contribution in [2.75, 3.05) is 13.2 Å². The third-order valence-electron chi connectivity index (χ3n) is 3.24. The van der Waals surface area contributed by atoms with Crippen molar-refractivity contribution < 1.29 is 23.9 Å². The van der Waals surface area contributed by atoms with Crippen LogP contribution in [0, 0.1) is 5.41 Å². The summed E-state index contributed by atoms with van der Waals surface area (Å²) in [5, 5.41) is 2.11. The van der Waals surface area contributed by atoms with E-state index in [1.54, 1.807) is 13.8 Å². The van der Waals surface area contributed by atoms with Gasteiger partial charge in [0.1, 0.15) is 12.0 Å². The summed E-state index contributed by atoms with van der Waals surface area (Å²) in [5.41, 5.74) is -1.39. The van der Waals surface area contributed by atoms with Crippen molar-refractivity contribution in [2.24, 2.45) is 5.41 Å². The minimum atomic E-state index is -1.39. The lowest BCUT2D eigenvalue weighted by molar-refractivity contribution is -0.157. The van der Waals surface area contributed by atoms with Crippen LogP contribution in [0.1, 0.15) is 26.7 Å². The number of ether oxygens (including phenoxy) is 1. The molecule has 0 aromatic heterocycles. The lowest BCUT2D eigenvalue weighted by atomic mass is 9.78. The van der Waals surface area contributed by atoms with Crippen molar-refractivity contribution in [1.29, 1.82) is 0 Å². The number of nitrogens with one attached hydrogen (secondary N) is 1. The van der Waals surface area contributed by atoms with Crippen LogP contribution in [0.3, 0.4) is 0 Å². The molecule has 1 atom stereocenters. The number of allylic oxidation sites excluding steroid dienone is 1. The maximum absolute atomic E-state index is 12.4. The Kier molecular flexibility index (Phi) is 5.01. The average Bonchev–Trinajstić information content (AvgIpc) is 2.40. The second kappa shape index (κ2) is 6.31. The van der Waals surface area contributed by atoms with Gasteiger partial charge in [-0.15, -0.1) is 6.58 Å². The molecule has 7 heteroatoms. The van der Waals surface area contributed by atoms with E-state index in [1.807, 2.05) is 0 Å². The number of nitrogens with zero attached hydrogens (tertiary/aromatic N) is 1. The van der Waals surface area contributed by atoms with Crippen LogP contribution < -0.4 is 5.32 Å². The second-order valence-electron chi connectivity index (χ2n) is 4.38. The number of carbonyl (C=O) groups excluding carboxylic acids is 4. The van der Waals surface area contributed by atoms with Gasteiger partial charge in [0, 0.05) is 0 Å². The van der Waals surface area contributed by atoms with Crippen LogP contribution in [0.15, 0.2) is 12.7 Å². The number of barbiturate groups is 1. The number of urea groups is 1. The number of imide groups is 2. The van der Waals surface area contributed by atoms with Crippen LogP contribution in [-0.2, 0) is 19.1 Å². The molecular weight excluding hydrogens is 264 g/mol. The molecule has 1 unspecified atom stereocenters. The van der Waals surface area contributed by atoms with Crippen molar-refractivity contribution in [3.63, 3.8) is 0 Å². The molecule has 1 aliphatic heterocycles. The van der Waals surface area contributed by atoms with E-state index in [0.717, 1.165) is 0 Å². The number of rotatable bonds is 6. The molecule has 4 amide bonds. The molecule has 0 radical (unpaired) electrons. The highest BCUT2D eigenvalue weighted by Crippen LogP contribution is 2.32. The first-order valence-corrected chi connectivity index (χ1v) is 6.36. The van der Waals surface area contributed by atoms with Gasteiger partial charge >= 0.3 is 12.0 Å². The van der Waals surface area contributed by atoms with Crippen LogP contribution in [0.2, 0.25) is 0 Å². The van der Waals surface area contributed by atoms with Gasteiger partial charge in [0.05, 0.1) is 6.61 Å². The first kappa shape index (κ1) is 15.9. The van der Waals surface area contributed by atoms with Crippen LogP contribution >= 0.6 is 0 Å². The van der Waals surface area contributed by atoms with E-state index in [0.29, 0.717) is 4.90 Å². The molecule has 1 fully saturated rings. The van der Waals surface area contributed by atoms with E-state index in [-0.39, 0.29) is 19.4 Å². The van der Waals surface area contributed by atoms with Gasteiger partial charge in [-0.2, -0.15) is 0 Å². The van der Waals surface area contributed by atoms with Crippen LogP contribution in [0.25, 0.3) is 0 Å². The zero-order valence-electron chi connectivity index (χ0n) is 11.6. The quantitative estimate of drug-likeness (QED) is 0.437. The molecule has 7 nitrogen and oxygen atoms in total. The van der Waals surface area contributed by atoms with E-state index in [2.05, 4.69) is 11.9 Å². The number of carbonyl (C=O) groups is 4. The van der Waals surface area contributed by atoms with Crippen LogP contribution in [0.4, 0.5) is 4.79 Å². The predicted molar refractivity (Wildman–Crippen MR) is 69.4 cm³/mol. The average molecular weight is 282 g/mol. The number of esters is 1. The Morgan fingerprint density at radius 3 is 2.55 bits per heavy atom. The first-order valence-electron chi connectivity index (χ1n) is 6.36. The minimum Gasteiger partial charge on any atom is -0.465 e. The molecule has 0 saturated carbocycles. The Labute approximate surface area is 116 Å². The molecule has 1 saturated heterocycles. The highest BCUT2D eigenvalue weighted by Gasteiger charge is 2.52. The van der Waals surface area contributed by atoms with Gasteiger partial charge in [-0.05, 0) is 19.8 Å². The predicted octanol–water partition coefficient (Wildman–Crippen LogP) is 0.600. The maximum atomic E-state index is 12.4. The molecule has 0 bridgehead atoms. The molecule has 0 aromatic rings. The smallest absolute Gasteiger partial charge is 0.331 e. The standard InChI is InChI=1S/C13H18N2O5/c1-4-7-13(5-2)10(17)14-12(19)15(11(13)18)8-9(16)20-6-3/h4H,1,5-8H2,2-3H3,(H,14,17,19). The Hall–Kier alpha value is -2.18. The molecule has 20 heavy (non-hydrogen) atoms. The van der Waals surface area contributed by atoms with Crippen molar-refractivity contribution in [3.05, 3.63) is 12.7 Å². The first-order chi connectivity index (χ1) is 9.42. The van der Waals surface area contributed by atoms with Crippen molar-refractivity contribution in [3.8, 4) is 0 Å². The summed E-state index contributed by atoms with van der Waals surface area (Å²) >= 11 is 0. The van der Waals surface area contributed by atoms with E-state index >= 15 is 0 Å². The zero-order valence-corrected chi connectivity index (χ0v) is 11.6. The Bertz CT molecular complexity index is 460. The molecule has 0 aliphatic carbocycles. The van der Waals surface area contributed by atoms with Gasteiger partial charge in [-0.3, -0.25) is 24.6 Å². The number of hydrogen-bond donors (Lipinski definition) is 1. The fraction of sp³-hybridized carbons (Fsp3) is 0.538. The molecular formula is C13H18N2O5. The van der Waals surface area contributed by atoms with E-state index in [9.17, 15) is 19.2 Å². The summed E-state index contributed by atoms with van der Waals surface area (Å²) in [4.78, 5) is 48.2. The van der Waals surface area contributed by atoms with Crippen LogP contribution in [-0.4, -0.2) is 41.9 Å². The molecule has 110 valence electrons. The summed E-state index contributed by atoms with van der Waals surface area (Å²) in [7, 11) is 0. The fourth-order valence-corrected chi connectivity index (χ4v) is 2.09. The molecule has 0 spiro atoms. The van der Waals surface area contributed by atoms with Gasteiger partial charge in [0.15, 0.2) is 0 Å². The molecule has 1 rings (SSSR count). The van der Waals surface area contributed by atoms with E-state index in [4.69, 9.17) is 4.74 Å². The summed E-state index contributed by atoms with van der Waals surface area (Å²) in [6.45, 7) is 6.44. The van der Waals surface area contributed by atoms with Gasteiger partial charge in [-0.1, -0.05) is 13.0 Å². The Morgan fingerprint density at radius 1 is 1.40 bits per heavy atom. The third kappa shape index (κ3) is 2.71. The third-order valence-corrected chi connectivity index (χ3v) is 3.24. The van der Waals surface area contributed by atoms with E-state index < -0.39 is 35.8 Å². The topological polar surface area (TPSA) is 92.8 Å². The van der Waals surface area contributed by atoms with Crippen molar-refractivity contribution in [1.82, 2.24) is 10.2 Å². The van der Waals surface area contributed by atoms with Gasteiger partial charge < -0.3 is 4.74 Å². The normalized spacial score (nSPS) is 22.5. The monoisotopic (exact) mass is 282 g/mol. The number of amides is 4. The second-order valence-corrected chi connectivity index (χ2v) is 4.38. The van der Waals surface area contributed by atoms with Gasteiger partial charge in [0.25, 0.3) is 0 Å². The molecule has 1 aliphatic rings. The van der Waals surface area contributed by atoms with Gasteiger partial charge in [-0.25, -0.2) is 4.79 Å². The Morgan fingerprint density at radius 2 is 2.05 bits per heavy atom. The summed E-state index contributed by atoms with van der Waals surface area (Å²) in [6, 6.07) is -0.902. The van der Waals surface area contributed by atoms with Crippen LogP contribution in [0.5, 0.6) is 0 Å². The molecule has 1 N–H and O–H groups in total. The van der Waals surface area contributed by atoms with Crippen molar-refractivity contribution >= 4 is 23.8 Å². The fourth-order valence-electron chi connectivity index (χ4n) is 2.09. The molecule has 1 heterocycles. The maximum Gasteiger partial charge on any atom is 0.331 e. The SMILES string of the molecule is C=CCC1(CC)C(=O)NC(=O)N(CC(=O)OCC)C1=O. The summed E-state index contributed by atoms with van der Waals surface area (Å²) in [6.07, 6.45) is 1.75. The van der Waals surface area contributed by atoms with Gasteiger partial charge in [0.2, 0.25) is 11.8 Å². The summed E-state index contributed by atoms with van der Waals surface area (Å²) in [5.74, 6) is -2.05. The lowest BCUT2D eigenvalue weighted by Gasteiger charge is -2.37. The Balaban J connectivity index is 3.04. The largest absolute Gasteiger partial charge is 0.465 e. The minimum absolute atomic E-state index is 0.0980.